The molecule has 1 aromatic carbocycles. The smallest absolute Gasteiger partial charge is 0.339 e. The third-order valence-corrected chi connectivity index (χ3v) is 9.28. The molecule has 0 fully saturated rings. The van der Waals surface area contributed by atoms with Crippen LogP contribution in [0.1, 0.15) is 120 Å². The van der Waals surface area contributed by atoms with Gasteiger partial charge in [-0.3, -0.25) is 0 Å². The van der Waals surface area contributed by atoms with Gasteiger partial charge in [0.25, 0.3) is 0 Å². The van der Waals surface area contributed by atoms with Crippen LogP contribution in [0.25, 0.3) is 0 Å². The van der Waals surface area contributed by atoms with Gasteiger partial charge in [-0.25, -0.2) is 9.48 Å². The maximum Gasteiger partial charge on any atom is 0.339 e. The summed E-state index contributed by atoms with van der Waals surface area (Å²) in [6, 6.07) is 1.83. The summed E-state index contributed by atoms with van der Waals surface area (Å²) in [7, 11) is 0. The Bertz CT molecular complexity index is 1430. The molecule has 11 heteroatoms. The number of benzene rings is 1. The molecule has 11 nitrogen and oxygen atoms in total. The van der Waals surface area contributed by atoms with Crippen LogP contribution in [0.5, 0.6) is 11.5 Å². The van der Waals surface area contributed by atoms with Crippen molar-refractivity contribution in [3.05, 3.63) is 58.4 Å². The zero-order valence-electron chi connectivity index (χ0n) is 31.4. The van der Waals surface area contributed by atoms with E-state index in [2.05, 4.69) is 36.8 Å². The maximum absolute atomic E-state index is 12.5. The topological polar surface area (TPSA) is 145 Å². The standard InChI is InChI=1S/C39H61N3O8/c1-9-10-11-12-29-24-33(35(36(44)34(29)37(45)46)32-23-28(4)13-14-31(32)27(2)3)48-21-22-50-38(5,6)15-18-49-39(7,8)25-30-26-42(41-40-30)16-19-47-20-17-43/h23-24,26,31-32,43-44H,2,9-22,25H2,1,3-8H3,(H,45,46). The lowest BCUT2D eigenvalue weighted by molar-refractivity contribution is -0.0765. The molecule has 3 rings (SSSR count). The lowest BCUT2D eigenvalue weighted by Crippen LogP contribution is -2.33. The molecule has 280 valence electrons. The molecule has 1 aliphatic rings. The van der Waals surface area contributed by atoms with E-state index in [0.29, 0.717) is 69.1 Å². The molecule has 0 saturated heterocycles. The number of unbranched alkanes of at least 4 members (excludes halogenated alkanes) is 2. The number of aromatic carboxylic acids is 1. The van der Waals surface area contributed by atoms with Crippen LogP contribution < -0.4 is 4.74 Å². The SMILES string of the molecule is C=C(C)C1CCC(C)=CC1c1c(OCCOC(C)(C)CCOC(C)(C)Cc2cn(CCOCCO)nn2)cc(CCCCC)c(C(=O)O)c1O. The number of aliphatic hydroxyl groups excluding tert-OH is 1. The predicted octanol–water partition coefficient (Wildman–Crippen LogP) is 7.04. The Balaban J connectivity index is 1.65. The number of aryl methyl sites for hydroxylation is 1. The van der Waals surface area contributed by atoms with Gasteiger partial charge in [-0.1, -0.05) is 48.8 Å². The number of carbonyl (C=O) groups is 1. The minimum absolute atomic E-state index is 0.00472. The van der Waals surface area contributed by atoms with Crippen molar-refractivity contribution in [2.24, 2.45) is 5.92 Å². The molecule has 2 aromatic rings. The van der Waals surface area contributed by atoms with E-state index in [1.165, 1.54) is 5.57 Å². The van der Waals surface area contributed by atoms with Crippen LogP contribution in [0.2, 0.25) is 0 Å². The first kappa shape index (κ1) is 41.2. The van der Waals surface area contributed by atoms with Crippen molar-refractivity contribution in [1.29, 1.82) is 0 Å². The monoisotopic (exact) mass is 699 g/mol. The van der Waals surface area contributed by atoms with E-state index in [0.717, 1.165) is 43.4 Å². The number of hydrogen-bond donors (Lipinski definition) is 3. The van der Waals surface area contributed by atoms with Crippen LogP contribution >= 0.6 is 0 Å². The van der Waals surface area contributed by atoms with E-state index in [1.54, 1.807) is 4.68 Å². The molecule has 50 heavy (non-hydrogen) atoms. The van der Waals surface area contributed by atoms with Crippen LogP contribution in [0.3, 0.4) is 0 Å². The highest BCUT2D eigenvalue weighted by molar-refractivity contribution is 5.94. The van der Waals surface area contributed by atoms with Gasteiger partial charge < -0.3 is 34.3 Å². The van der Waals surface area contributed by atoms with Crippen LogP contribution in [-0.2, 0) is 33.6 Å². The number of aromatic hydroxyl groups is 1. The third-order valence-electron chi connectivity index (χ3n) is 9.28. The number of carboxylic acids is 1. The normalized spacial score (nSPS) is 16.8. The van der Waals surface area contributed by atoms with Gasteiger partial charge in [0.2, 0.25) is 0 Å². The number of nitrogens with zero attached hydrogens (tertiary/aromatic N) is 3. The fourth-order valence-electron chi connectivity index (χ4n) is 6.52. The Morgan fingerprint density at radius 1 is 1.08 bits per heavy atom. The fourth-order valence-corrected chi connectivity index (χ4v) is 6.52. The first-order valence-corrected chi connectivity index (χ1v) is 18.1. The summed E-state index contributed by atoms with van der Waals surface area (Å²) in [5.41, 5.74) is 3.13. The highest BCUT2D eigenvalue weighted by Gasteiger charge is 2.34. The summed E-state index contributed by atoms with van der Waals surface area (Å²) in [6.07, 6.45) is 10.4. The molecule has 0 saturated carbocycles. The first-order chi connectivity index (χ1) is 23.7. The molecule has 0 bridgehead atoms. The van der Waals surface area contributed by atoms with Gasteiger partial charge in [0.1, 0.15) is 23.7 Å². The van der Waals surface area contributed by atoms with Crippen LogP contribution in [0.4, 0.5) is 0 Å². The Hall–Kier alpha value is -3.25. The molecule has 3 N–H and O–H groups in total. The lowest BCUT2D eigenvalue weighted by atomic mass is 9.73. The van der Waals surface area contributed by atoms with E-state index in [-0.39, 0.29) is 36.4 Å². The van der Waals surface area contributed by atoms with Crippen molar-refractivity contribution in [1.82, 2.24) is 15.0 Å². The third kappa shape index (κ3) is 12.5. The molecule has 1 aromatic heterocycles. The average molecular weight is 700 g/mol. The largest absolute Gasteiger partial charge is 0.507 e. The van der Waals surface area contributed by atoms with Crippen molar-refractivity contribution < 1.29 is 39.1 Å². The minimum Gasteiger partial charge on any atom is -0.507 e. The van der Waals surface area contributed by atoms with E-state index in [1.807, 2.05) is 46.9 Å². The molecule has 0 aliphatic heterocycles. The summed E-state index contributed by atoms with van der Waals surface area (Å²) >= 11 is 0. The van der Waals surface area contributed by atoms with Gasteiger partial charge in [0.05, 0.1) is 56.5 Å². The number of carboxylic acid groups (broad SMARTS) is 1. The maximum atomic E-state index is 12.5. The van der Waals surface area contributed by atoms with Gasteiger partial charge >= 0.3 is 5.97 Å². The van der Waals surface area contributed by atoms with Crippen molar-refractivity contribution in [2.45, 2.75) is 123 Å². The number of hydrogen-bond acceptors (Lipinski definition) is 9. The van der Waals surface area contributed by atoms with Gasteiger partial charge in [-0.15, -0.1) is 5.10 Å². The lowest BCUT2D eigenvalue weighted by Gasteiger charge is -2.33. The quantitative estimate of drug-likeness (QED) is 0.0816. The highest BCUT2D eigenvalue weighted by atomic mass is 16.5. The number of phenols is 1. The number of allylic oxidation sites excluding steroid dienone is 3. The number of ether oxygens (including phenoxy) is 4. The zero-order chi connectivity index (χ0) is 36.9. The second-order valence-electron chi connectivity index (χ2n) is 14.8. The Labute approximate surface area is 298 Å². The van der Waals surface area contributed by atoms with Gasteiger partial charge in [-0.05, 0) is 91.2 Å². The average Bonchev–Trinajstić information content (AvgIpc) is 3.47. The molecular formula is C39H61N3O8. The van der Waals surface area contributed by atoms with Crippen molar-refractivity contribution >= 4 is 5.97 Å². The highest BCUT2D eigenvalue weighted by Crippen LogP contribution is 2.48. The first-order valence-electron chi connectivity index (χ1n) is 18.1. The Morgan fingerprint density at radius 3 is 2.50 bits per heavy atom. The summed E-state index contributed by atoms with van der Waals surface area (Å²) in [5, 5.41) is 39.1. The minimum atomic E-state index is -1.13. The van der Waals surface area contributed by atoms with Crippen molar-refractivity contribution in [3.8, 4) is 11.5 Å². The number of rotatable bonds is 23. The molecule has 2 atom stereocenters. The van der Waals surface area contributed by atoms with Crippen molar-refractivity contribution in [2.75, 3.05) is 39.6 Å². The Morgan fingerprint density at radius 2 is 1.82 bits per heavy atom. The second-order valence-corrected chi connectivity index (χ2v) is 14.8. The summed E-state index contributed by atoms with van der Waals surface area (Å²) in [4.78, 5) is 12.5. The molecule has 1 aliphatic carbocycles. The number of aromatic nitrogens is 3. The van der Waals surface area contributed by atoms with E-state index in [4.69, 9.17) is 24.1 Å². The summed E-state index contributed by atoms with van der Waals surface area (Å²) < 4.78 is 25.9. The summed E-state index contributed by atoms with van der Waals surface area (Å²) in [5.74, 6) is -1.02. The molecule has 0 amide bonds. The predicted molar refractivity (Wildman–Crippen MR) is 194 cm³/mol. The molecule has 0 radical (unpaired) electrons. The summed E-state index contributed by atoms with van der Waals surface area (Å²) in [6.45, 7) is 20.8. The molecule has 0 spiro atoms. The zero-order valence-corrected chi connectivity index (χ0v) is 31.4. The van der Waals surface area contributed by atoms with Gasteiger partial charge in [0.15, 0.2) is 0 Å². The molecule has 1 heterocycles. The van der Waals surface area contributed by atoms with Crippen LogP contribution in [0, 0.1) is 5.92 Å². The van der Waals surface area contributed by atoms with E-state index >= 15 is 0 Å². The van der Waals surface area contributed by atoms with E-state index < -0.39 is 17.2 Å². The van der Waals surface area contributed by atoms with Crippen LogP contribution in [-0.4, -0.2) is 87.1 Å². The van der Waals surface area contributed by atoms with Gasteiger partial charge in [0, 0.05) is 24.1 Å². The van der Waals surface area contributed by atoms with Gasteiger partial charge in [-0.2, -0.15) is 0 Å². The molecule has 2 unspecified atom stereocenters. The van der Waals surface area contributed by atoms with Crippen LogP contribution in [0.15, 0.2) is 36.1 Å². The molecular weight excluding hydrogens is 638 g/mol. The fraction of sp³-hybridized carbons (Fsp3) is 0.667. The number of aliphatic hydroxyl groups is 1. The van der Waals surface area contributed by atoms with Crippen molar-refractivity contribution in [3.63, 3.8) is 0 Å². The second kappa shape index (κ2) is 19.4. The van der Waals surface area contributed by atoms with E-state index in [9.17, 15) is 15.0 Å². The Kier molecular flexibility index (Phi) is 16.0.